The summed E-state index contributed by atoms with van der Waals surface area (Å²) < 4.78 is 6.06. The van der Waals surface area contributed by atoms with Crippen molar-refractivity contribution in [2.75, 3.05) is 31.7 Å². The zero-order valence-electron chi connectivity index (χ0n) is 34.8. The Kier molecular flexibility index (Phi) is 17.1. The lowest BCUT2D eigenvalue weighted by Gasteiger charge is -2.38. The van der Waals surface area contributed by atoms with E-state index in [-0.39, 0.29) is 48.2 Å². The van der Waals surface area contributed by atoms with Crippen molar-refractivity contribution in [1.29, 1.82) is 0 Å². The van der Waals surface area contributed by atoms with Crippen LogP contribution in [0.5, 0.6) is 0 Å². The molecule has 0 radical (unpaired) electrons. The van der Waals surface area contributed by atoms with Crippen LogP contribution in [0.2, 0.25) is 0 Å². The topological polar surface area (TPSA) is 196 Å². The number of carbonyl (C=O) groups excluding carboxylic acids is 4. The molecule has 2 heterocycles. The quantitative estimate of drug-likeness (QED) is 0.0850. The average Bonchev–Trinajstić information content (AvgIpc) is 3.69. The number of aromatic nitrogens is 1. The van der Waals surface area contributed by atoms with E-state index in [4.69, 9.17) is 10.5 Å². The number of nitrogens with two attached hydrogens (primary N) is 1. The number of para-hydroxylation sites is 1. The van der Waals surface area contributed by atoms with Crippen LogP contribution in [0.15, 0.2) is 60.0 Å². The molecule has 0 spiro atoms. The Labute approximate surface area is 346 Å². The number of nitrogen functional groups attached to an aromatic ring is 1. The third-order valence-corrected chi connectivity index (χ3v) is 12.0. The van der Waals surface area contributed by atoms with Gasteiger partial charge in [0.15, 0.2) is 6.10 Å². The number of carbonyl (C=O) groups is 5. The fraction of sp³-hybridized carbons (Fsp3) is 0.535. The summed E-state index contributed by atoms with van der Waals surface area (Å²) >= 11 is 1.15. The normalized spacial score (nSPS) is 17.6. The maximum absolute atomic E-state index is 14.4. The molecule has 7 atom stereocenters. The number of likely N-dealkylation sites (N-methyl/N-ethyl adjacent to an activating group) is 2. The van der Waals surface area contributed by atoms with Crippen LogP contribution in [-0.4, -0.2) is 94.5 Å². The molecule has 2 aromatic carbocycles. The van der Waals surface area contributed by atoms with Crippen LogP contribution >= 0.6 is 11.3 Å². The van der Waals surface area contributed by atoms with Gasteiger partial charge in [-0.1, -0.05) is 77.8 Å². The highest BCUT2D eigenvalue weighted by Crippen LogP contribution is 2.32. The molecule has 0 aliphatic carbocycles. The summed E-state index contributed by atoms with van der Waals surface area (Å²) in [7, 11) is 3.65. The number of rotatable bonds is 19. The number of piperidine rings is 1. The third-order valence-electron chi connectivity index (χ3n) is 11.1. The molecular weight excluding hydrogens is 759 g/mol. The highest BCUT2D eigenvalue weighted by Gasteiger charge is 2.37. The Morgan fingerprint density at radius 3 is 2.31 bits per heavy atom. The largest absolute Gasteiger partial charge is 0.481 e. The minimum Gasteiger partial charge on any atom is -0.481 e. The molecule has 58 heavy (non-hydrogen) atoms. The summed E-state index contributed by atoms with van der Waals surface area (Å²) in [5, 5.41) is 20.4. The first-order valence-corrected chi connectivity index (χ1v) is 21.1. The number of benzene rings is 2. The molecule has 0 bridgehead atoms. The van der Waals surface area contributed by atoms with Gasteiger partial charge in [-0.3, -0.25) is 29.4 Å². The van der Waals surface area contributed by atoms with Crippen molar-refractivity contribution in [2.24, 2.45) is 17.8 Å². The summed E-state index contributed by atoms with van der Waals surface area (Å²) in [6, 6.07) is 14.0. The number of nitrogens with one attached hydrogen (secondary N) is 3. The van der Waals surface area contributed by atoms with Crippen molar-refractivity contribution in [3.63, 3.8) is 0 Å². The molecule has 3 aromatic rings. The van der Waals surface area contributed by atoms with Crippen LogP contribution in [0, 0.1) is 17.8 Å². The average molecular weight is 820 g/mol. The number of carboxylic acids is 1. The molecule has 14 nitrogen and oxygen atoms in total. The number of hydrogen-bond acceptors (Lipinski definition) is 10. The molecule has 316 valence electrons. The first kappa shape index (κ1) is 45.7. The Morgan fingerprint density at radius 1 is 1.00 bits per heavy atom. The lowest BCUT2D eigenvalue weighted by molar-refractivity contribution is -0.141. The minimum atomic E-state index is -0.973. The Morgan fingerprint density at radius 2 is 1.69 bits per heavy atom. The predicted molar refractivity (Wildman–Crippen MR) is 226 cm³/mol. The zero-order valence-corrected chi connectivity index (χ0v) is 35.6. The van der Waals surface area contributed by atoms with Gasteiger partial charge in [-0.2, -0.15) is 0 Å². The van der Waals surface area contributed by atoms with Crippen molar-refractivity contribution in [3.8, 4) is 0 Å². The van der Waals surface area contributed by atoms with Gasteiger partial charge in [0.05, 0.1) is 12.0 Å². The second-order valence-corrected chi connectivity index (χ2v) is 16.8. The van der Waals surface area contributed by atoms with Crippen LogP contribution < -0.4 is 21.7 Å². The van der Waals surface area contributed by atoms with Crippen molar-refractivity contribution < 1.29 is 33.8 Å². The number of carboxylic acid groups (broad SMARTS) is 1. The van der Waals surface area contributed by atoms with Crippen molar-refractivity contribution in [2.45, 2.75) is 110 Å². The van der Waals surface area contributed by atoms with Crippen LogP contribution in [0.25, 0.3) is 0 Å². The molecule has 1 saturated heterocycles. The van der Waals surface area contributed by atoms with E-state index in [0.717, 1.165) is 42.7 Å². The fourth-order valence-corrected chi connectivity index (χ4v) is 8.11. The SMILES string of the molecule is CC[C@H](C)[C@H](NC(=O)[C@H]1CCCCN1C)C(=O)N(C)[C@H](C[C@@H](OC(=O)Nc1ccccc1)c1nc(C(=O)N[C@@H](Cc2ccc(N)cc2)C[C@H](C)C(=O)O)cs1)C(C)C. The number of aliphatic carboxylic acids is 1. The summed E-state index contributed by atoms with van der Waals surface area (Å²) in [6.07, 6.45) is 2.38. The molecule has 0 unspecified atom stereocenters. The maximum Gasteiger partial charge on any atom is 0.412 e. The van der Waals surface area contributed by atoms with Gasteiger partial charge in [0.2, 0.25) is 11.8 Å². The standard InChI is InChI=1S/C43H61N7O7S/c1-8-27(4)37(48-39(52)34-16-12-13-21-49(34)6)41(53)50(7)35(26(2)3)24-36(57-43(56)46-31-14-10-9-11-15-31)40-47-33(25-58-40)38(51)45-32(22-28(5)42(54)55)23-29-17-19-30(44)20-18-29/h9-11,14-15,17-20,25-28,32,34-37H,8,12-13,16,21-24,44H2,1-7H3,(H,45,51)(H,46,56)(H,48,52)(H,54,55)/t27-,28-,32+,34+,35+,36+,37-/m0/s1. The molecule has 4 amide bonds. The lowest BCUT2D eigenvalue weighted by atomic mass is 9.92. The van der Waals surface area contributed by atoms with E-state index in [2.05, 4.69) is 20.9 Å². The van der Waals surface area contributed by atoms with E-state index in [1.165, 1.54) is 0 Å². The van der Waals surface area contributed by atoms with Crippen LogP contribution in [0.3, 0.4) is 0 Å². The first-order chi connectivity index (χ1) is 27.6. The number of likely N-dealkylation sites (tertiary alicyclic amines) is 1. The van der Waals surface area contributed by atoms with Gasteiger partial charge in [0.1, 0.15) is 16.7 Å². The van der Waals surface area contributed by atoms with E-state index in [0.29, 0.717) is 29.2 Å². The number of thiazole rings is 1. The molecule has 1 fully saturated rings. The van der Waals surface area contributed by atoms with E-state index >= 15 is 0 Å². The second kappa shape index (κ2) is 21.7. The van der Waals surface area contributed by atoms with Gasteiger partial charge in [0.25, 0.3) is 5.91 Å². The van der Waals surface area contributed by atoms with Gasteiger partial charge in [-0.25, -0.2) is 9.78 Å². The summed E-state index contributed by atoms with van der Waals surface area (Å²) in [6.45, 7) is 10.3. The van der Waals surface area contributed by atoms with E-state index < -0.39 is 48.1 Å². The third kappa shape index (κ3) is 13.0. The summed E-state index contributed by atoms with van der Waals surface area (Å²) in [5.41, 5.74) is 7.94. The van der Waals surface area contributed by atoms with E-state index in [1.54, 1.807) is 60.6 Å². The van der Waals surface area contributed by atoms with Gasteiger partial charge >= 0.3 is 12.1 Å². The Bertz CT molecular complexity index is 1820. The maximum atomic E-state index is 14.4. The number of amides is 4. The second-order valence-electron chi connectivity index (χ2n) is 15.9. The lowest BCUT2D eigenvalue weighted by Crippen LogP contribution is -2.58. The highest BCUT2D eigenvalue weighted by atomic mass is 32.1. The number of anilines is 2. The van der Waals surface area contributed by atoms with Crippen molar-refractivity contribution in [1.82, 2.24) is 25.4 Å². The molecule has 1 aromatic heterocycles. The summed E-state index contributed by atoms with van der Waals surface area (Å²) in [5.74, 6) is -2.85. The van der Waals surface area contributed by atoms with E-state index in [9.17, 15) is 29.1 Å². The predicted octanol–water partition coefficient (Wildman–Crippen LogP) is 6.36. The smallest absolute Gasteiger partial charge is 0.412 e. The fourth-order valence-electron chi connectivity index (χ4n) is 7.27. The van der Waals surface area contributed by atoms with Gasteiger partial charge in [0, 0.05) is 42.3 Å². The van der Waals surface area contributed by atoms with Crippen LogP contribution in [0.4, 0.5) is 16.2 Å². The van der Waals surface area contributed by atoms with E-state index in [1.807, 2.05) is 57.8 Å². The van der Waals surface area contributed by atoms with Crippen molar-refractivity contribution >= 4 is 52.5 Å². The molecule has 6 N–H and O–H groups in total. The van der Waals surface area contributed by atoms with Gasteiger partial charge < -0.3 is 31.1 Å². The molecule has 1 aliphatic heterocycles. The van der Waals surface area contributed by atoms with Crippen LogP contribution in [-0.2, 0) is 25.5 Å². The number of nitrogens with zero attached hydrogens (tertiary/aromatic N) is 3. The number of hydrogen-bond donors (Lipinski definition) is 5. The zero-order chi connectivity index (χ0) is 42.5. The highest BCUT2D eigenvalue weighted by molar-refractivity contribution is 7.09. The van der Waals surface area contributed by atoms with Crippen LogP contribution in [0.1, 0.15) is 100 Å². The Hall–Kier alpha value is -5.02. The van der Waals surface area contributed by atoms with Crippen molar-refractivity contribution in [3.05, 3.63) is 76.2 Å². The molecular formula is C43H61N7O7S. The van der Waals surface area contributed by atoms with Gasteiger partial charge in [-0.05, 0) is 80.9 Å². The number of ether oxygens (including phenoxy) is 1. The Balaban J connectivity index is 1.59. The monoisotopic (exact) mass is 819 g/mol. The molecule has 0 saturated carbocycles. The molecule has 15 heteroatoms. The minimum absolute atomic E-state index is 0.0834. The first-order valence-electron chi connectivity index (χ1n) is 20.2. The molecule has 1 aliphatic rings. The van der Waals surface area contributed by atoms with Gasteiger partial charge in [-0.15, -0.1) is 11.3 Å². The summed E-state index contributed by atoms with van der Waals surface area (Å²) in [4.78, 5) is 75.2. The molecule has 4 rings (SSSR count).